The van der Waals surface area contributed by atoms with Crippen molar-refractivity contribution < 1.29 is 0 Å². The number of benzene rings is 1. The van der Waals surface area contributed by atoms with Crippen LogP contribution in [0.5, 0.6) is 0 Å². The van der Waals surface area contributed by atoms with Crippen LogP contribution in [0.3, 0.4) is 0 Å². The van der Waals surface area contributed by atoms with Gasteiger partial charge in [-0.05, 0) is 38.0 Å². The van der Waals surface area contributed by atoms with E-state index in [1.54, 1.807) is 0 Å². The quantitative estimate of drug-likeness (QED) is 0.719. The lowest BCUT2D eigenvalue weighted by molar-refractivity contribution is 1.14. The molecule has 1 rings (SSSR count). The number of anilines is 1. The van der Waals surface area contributed by atoms with Gasteiger partial charge in [0.15, 0.2) is 0 Å². The maximum atomic E-state index is 4.01. The summed E-state index contributed by atoms with van der Waals surface area (Å²) in [5, 5.41) is 3.33. The van der Waals surface area contributed by atoms with Crippen LogP contribution in [0, 0.1) is 0 Å². The van der Waals surface area contributed by atoms with E-state index in [4.69, 9.17) is 0 Å². The molecule has 0 saturated carbocycles. The first-order chi connectivity index (χ1) is 8.17. The van der Waals surface area contributed by atoms with Gasteiger partial charge in [-0.3, -0.25) is 0 Å². The Morgan fingerprint density at radius 2 is 2.00 bits per heavy atom. The maximum absolute atomic E-state index is 4.01. The van der Waals surface area contributed by atoms with Crippen LogP contribution in [0.1, 0.15) is 26.3 Å². The second-order valence-electron chi connectivity index (χ2n) is 4.03. The van der Waals surface area contributed by atoms with Gasteiger partial charge in [-0.15, -0.1) is 0 Å². The smallest absolute Gasteiger partial charge is 0.0416 e. The maximum Gasteiger partial charge on any atom is 0.0416 e. The van der Waals surface area contributed by atoms with Gasteiger partial charge in [0.05, 0.1) is 0 Å². The molecule has 0 heterocycles. The van der Waals surface area contributed by atoms with Gasteiger partial charge in [0.1, 0.15) is 0 Å². The first-order valence-corrected chi connectivity index (χ1v) is 6.02. The van der Waals surface area contributed by atoms with Crippen molar-refractivity contribution in [2.45, 2.75) is 27.2 Å². The molecule has 0 amide bonds. The predicted molar refractivity (Wildman–Crippen MR) is 77.2 cm³/mol. The number of hydrogen-bond acceptors (Lipinski definition) is 1. The van der Waals surface area contributed by atoms with E-state index in [2.05, 4.69) is 56.1 Å². The Bertz CT molecular complexity index is 439. The molecule has 90 valence electrons. The summed E-state index contributed by atoms with van der Waals surface area (Å²) in [6, 6.07) is 8.32. The van der Waals surface area contributed by atoms with Crippen molar-refractivity contribution >= 4 is 5.69 Å². The third-order valence-corrected chi connectivity index (χ3v) is 2.70. The number of allylic oxidation sites excluding steroid dienone is 4. The van der Waals surface area contributed by atoms with E-state index in [0.29, 0.717) is 0 Å². The molecule has 0 aliphatic rings. The van der Waals surface area contributed by atoms with Gasteiger partial charge in [-0.1, -0.05) is 49.4 Å². The normalized spacial score (nSPS) is 11.8. The first kappa shape index (κ1) is 13.3. The summed E-state index contributed by atoms with van der Waals surface area (Å²) in [6.45, 7) is 10.3. The summed E-state index contributed by atoms with van der Waals surface area (Å²) in [6.07, 6.45) is 7.16. The average molecular weight is 227 g/mol. The molecular weight excluding hydrogens is 206 g/mol. The van der Waals surface area contributed by atoms with Gasteiger partial charge in [-0.2, -0.15) is 0 Å². The zero-order valence-electron chi connectivity index (χ0n) is 11.0. The molecular formula is C16H21N. The molecule has 1 aromatic rings. The average Bonchev–Trinajstić information content (AvgIpc) is 2.36. The lowest BCUT2D eigenvalue weighted by Gasteiger charge is -2.10. The Morgan fingerprint density at radius 3 is 2.65 bits per heavy atom. The fraction of sp³-hybridized carbons (Fsp3) is 0.250. The Hall–Kier alpha value is -1.76. The summed E-state index contributed by atoms with van der Waals surface area (Å²) in [5.74, 6) is 0. The highest BCUT2D eigenvalue weighted by Gasteiger charge is 1.98. The molecule has 1 aromatic carbocycles. The van der Waals surface area contributed by atoms with Gasteiger partial charge in [-0.25, -0.2) is 0 Å². The van der Waals surface area contributed by atoms with E-state index in [1.165, 1.54) is 11.1 Å². The molecule has 0 unspecified atom stereocenters. The van der Waals surface area contributed by atoms with Crippen LogP contribution in [0.15, 0.2) is 60.3 Å². The molecule has 1 N–H and O–H groups in total. The molecule has 0 atom stereocenters. The fourth-order valence-electron chi connectivity index (χ4n) is 1.49. The minimum atomic E-state index is 0.909. The summed E-state index contributed by atoms with van der Waals surface area (Å²) in [7, 11) is 0. The molecule has 0 saturated heterocycles. The highest BCUT2D eigenvalue weighted by atomic mass is 14.9. The van der Waals surface area contributed by atoms with Crippen LogP contribution < -0.4 is 5.32 Å². The van der Waals surface area contributed by atoms with Crippen molar-refractivity contribution in [2.24, 2.45) is 0 Å². The predicted octanol–water partition coefficient (Wildman–Crippen LogP) is 4.70. The molecule has 0 radical (unpaired) electrons. The number of nitrogens with one attached hydrogen (secondary N) is 1. The van der Waals surface area contributed by atoms with Crippen LogP contribution in [0.2, 0.25) is 0 Å². The lowest BCUT2D eigenvalue weighted by atomic mass is 10.1. The Balaban J connectivity index is 2.71. The largest absolute Gasteiger partial charge is 0.356 e. The van der Waals surface area contributed by atoms with E-state index >= 15 is 0 Å². The van der Waals surface area contributed by atoms with E-state index in [1.807, 2.05) is 19.1 Å². The van der Waals surface area contributed by atoms with Crippen molar-refractivity contribution in [1.82, 2.24) is 0 Å². The summed E-state index contributed by atoms with van der Waals surface area (Å²) < 4.78 is 0. The molecule has 0 spiro atoms. The molecule has 17 heavy (non-hydrogen) atoms. The lowest BCUT2D eigenvalue weighted by Crippen LogP contribution is -1.98. The summed E-state index contributed by atoms with van der Waals surface area (Å²) in [5.41, 5.74) is 4.59. The highest BCUT2D eigenvalue weighted by Crippen LogP contribution is 2.17. The van der Waals surface area contributed by atoms with E-state index < -0.39 is 0 Å². The van der Waals surface area contributed by atoms with Gasteiger partial charge >= 0.3 is 0 Å². The van der Waals surface area contributed by atoms with E-state index in [-0.39, 0.29) is 0 Å². The topological polar surface area (TPSA) is 12.0 Å². The van der Waals surface area contributed by atoms with Crippen LogP contribution in [-0.4, -0.2) is 0 Å². The van der Waals surface area contributed by atoms with Crippen molar-refractivity contribution in [3.05, 3.63) is 65.9 Å². The molecule has 1 heteroatoms. The van der Waals surface area contributed by atoms with E-state index in [0.717, 1.165) is 17.8 Å². The van der Waals surface area contributed by atoms with Gasteiger partial charge < -0.3 is 5.32 Å². The zero-order chi connectivity index (χ0) is 12.7. The SMILES string of the molecule is C=C(/C=C\C(C)=C/C)Nc1ccccc1CC. The van der Waals surface area contributed by atoms with Crippen molar-refractivity contribution in [3.8, 4) is 0 Å². The molecule has 0 bridgehead atoms. The monoisotopic (exact) mass is 227 g/mol. The van der Waals surface area contributed by atoms with Crippen molar-refractivity contribution in [1.29, 1.82) is 0 Å². The first-order valence-electron chi connectivity index (χ1n) is 6.02. The number of hydrogen-bond donors (Lipinski definition) is 1. The number of para-hydroxylation sites is 1. The third kappa shape index (κ3) is 4.31. The minimum absolute atomic E-state index is 0.909. The second-order valence-corrected chi connectivity index (χ2v) is 4.03. The third-order valence-electron chi connectivity index (χ3n) is 2.70. The second kappa shape index (κ2) is 6.74. The minimum Gasteiger partial charge on any atom is -0.356 e. The van der Waals surface area contributed by atoms with Crippen LogP contribution in [0.25, 0.3) is 0 Å². The number of aryl methyl sites for hydroxylation is 1. The zero-order valence-corrected chi connectivity index (χ0v) is 11.0. The van der Waals surface area contributed by atoms with Crippen LogP contribution in [0.4, 0.5) is 5.69 Å². The van der Waals surface area contributed by atoms with Crippen molar-refractivity contribution in [3.63, 3.8) is 0 Å². The standard InChI is InChI=1S/C16H21N/c1-5-13(3)11-12-14(4)17-16-10-8-7-9-15(16)6-2/h5,7-12,17H,4,6H2,1-3H3/b12-11-,13-5-. The summed E-state index contributed by atoms with van der Waals surface area (Å²) >= 11 is 0. The van der Waals surface area contributed by atoms with Crippen LogP contribution in [-0.2, 0) is 6.42 Å². The Morgan fingerprint density at radius 1 is 1.29 bits per heavy atom. The molecule has 0 aliphatic carbocycles. The van der Waals surface area contributed by atoms with Gasteiger partial charge in [0, 0.05) is 11.4 Å². The number of rotatable bonds is 5. The summed E-state index contributed by atoms with van der Waals surface area (Å²) in [4.78, 5) is 0. The van der Waals surface area contributed by atoms with Gasteiger partial charge in [0.2, 0.25) is 0 Å². The fourth-order valence-corrected chi connectivity index (χ4v) is 1.49. The molecule has 0 fully saturated rings. The van der Waals surface area contributed by atoms with Crippen molar-refractivity contribution in [2.75, 3.05) is 5.32 Å². The molecule has 0 aromatic heterocycles. The van der Waals surface area contributed by atoms with Gasteiger partial charge in [0.25, 0.3) is 0 Å². The Kier molecular flexibility index (Phi) is 5.28. The highest BCUT2D eigenvalue weighted by molar-refractivity contribution is 5.56. The molecule has 0 aliphatic heterocycles. The molecule has 1 nitrogen and oxygen atoms in total. The van der Waals surface area contributed by atoms with E-state index in [9.17, 15) is 0 Å². The Labute approximate surface area is 105 Å². The van der Waals surface area contributed by atoms with Crippen LogP contribution >= 0.6 is 0 Å².